The molecule has 7 nitrogen and oxygen atoms in total. The minimum Gasteiger partial charge on any atom is -0.354 e. The number of halogens is 2. The van der Waals surface area contributed by atoms with Crippen molar-refractivity contribution < 1.29 is 18.0 Å². The Morgan fingerprint density at radius 3 is 2.24 bits per heavy atom. The predicted molar refractivity (Wildman–Crippen MR) is 152 cm³/mol. The number of amides is 2. The molecule has 0 heterocycles. The molecular formula is C28H31Cl2N3O4S. The van der Waals surface area contributed by atoms with Gasteiger partial charge in [0, 0.05) is 13.1 Å². The number of nitrogens with zero attached hydrogens (tertiary/aromatic N) is 2. The summed E-state index contributed by atoms with van der Waals surface area (Å²) in [5.74, 6) is -0.897. The Morgan fingerprint density at radius 2 is 1.61 bits per heavy atom. The van der Waals surface area contributed by atoms with Gasteiger partial charge >= 0.3 is 0 Å². The van der Waals surface area contributed by atoms with Crippen LogP contribution in [-0.4, -0.2) is 44.3 Å². The molecule has 3 aromatic carbocycles. The van der Waals surface area contributed by atoms with E-state index in [-0.39, 0.29) is 33.1 Å². The van der Waals surface area contributed by atoms with Gasteiger partial charge in [0.15, 0.2) is 0 Å². The Balaban J connectivity index is 2.04. The van der Waals surface area contributed by atoms with Gasteiger partial charge in [-0.3, -0.25) is 13.9 Å². The number of carbonyl (C=O) groups is 2. The molecule has 38 heavy (non-hydrogen) atoms. The van der Waals surface area contributed by atoms with Gasteiger partial charge in [0.2, 0.25) is 11.8 Å². The average molecular weight is 577 g/mol. The molecule has 0 saturated heterocycles. The maximum absolute atomic E-state index is 13.9. The minimum atomic E-state index is -4.22. The molecule has 0 aliphatic carbocycles. The molecule has 0 unspecified atom stereocenters. The first-order valence-electron chi connectivity index (χ1n) is 12.2. The van der Waals surface area contributed by atoms with Gasteiger partial charge in [0.1, 0.15) is 12.6 Å². The number of nitrogens with one attached hydrogen (secondary N) is 1. The van der Waals surface area contributed by atoms with E-state index < -0.39 is 28.5 Å². The van der Waals surface area contributed by atoms with Gasteiger partial charge in [-0.05, 0) is 50.1 Å². The standard InChI is InChI=1S/C28H31Cl2N3O4S/c1-4-17-31-28(35)21(3)32(18-22-15-13-20(2)14-16-22)26(34)19-33(25-12-8-11-24(29)27(25)30)38(36,37)23-9-6-5-7-10-23/h5-16,21H,4,17-19H2,1-3H3,(H,31,35)/t21-/m0/s1. The number of carbonyl (C=O) groups excluding carboxylic acids is 2. The third-order valence-corrected chi connectivity index (χ3v) is 8.58. The molecule has 0 radical (unpaired) electrons. The quantitative estimate of drug-likeness (QED) is 0.330. The van der Waals surface area contributed by atoms with E-state index in [4.69, 9.17) is 23.2 Å². The zero-order valence-electron chi connectivity index (χ0n) is 21.5. The molecule has 202 valence electrons. The van der Waals surface area contributed by atoms with Crippen molar-refractivity contribution in [3.63, 3.8) is 0 Å². The maximum atomic E-state index is 13.9. The minimum absolute atomic E-state index is 0.000273. The second-order valence-electron chi connectivity index (χ2n) is 8.87. The highest BCUT2D eigenvalue weighted by Crippen LogP contribution is 2.35. The summed E-state index contributed by atoms with van der Waals surface area (Å²) in [4.78, 5) is 28.1. The van der Waals surface area contributed by atoms with Crippen LogP contribution in [0.25, 0.3) is 0 Å². The summed E-state index contributed by atoms with van der Waals surface area (Å²) in [6.45, 7) is 5.49. The first-order valence-corrected chi connectivity index (χ1v) is 14.4. The van der Waals surface area contributed by atoms with Gasteiger partial charge in [0.25, 0.3) is 10.0 Å². The molecule has 1 N–H and O–H groups in total. The lowest BCUT2D eigenvalue weighted by Gasteiger charge is -2.32. The fraction of sp³-hybridized carbons (Fsp3) is 0.286. The predicted octanol–water partition coefficient (Wildman–Crippen LogP) is 5.44. The van der Waals surface area contributed by atoms with E-state index in [2.05, 4.69) is 5.32 Å². The molecule has 1 atom stereocenters. The second-order valence-corrected chi connectivity index (χ2v) is 11.5. The van der Waals surface area contributed by atoms with Crippen LogP contribution < -0.4 is 9.62 Å². The van der Waals surface area contributed by atoms with Crippen molar-refractivity contribution >= 4 is 50.7 Å². The van der Waals surface area contributed by atoms with E-state index in [1.54, 1.807) is 31.2 Å². The van der Waals surface area contributed by atoms with Crippen molar-refractivity contribution in [3.05, 3.63) is 94.0 Å². The Hall–Kier alpha value is -3.07. The van der Waals surface area contributed by atoms with E-state index in [1.807, 2.05) is 38.1 Å². The van der Waals surface area contributed by atoms with Crippen LogP contribution in [0.5, 0.6) is 0 Å². The van der Waals surface area contributed by atoms with Crippen LogP contribution in [-0.2, 0) is 26.2 Å². The zero-order chi connectivity index (χ0) is 27.9. The number of hydrogen-bond acceptors (Lipinski definition) is 4. The number of anilines is 1. The van der Waals surface area contributed by atoms with Crippen molar-refractivity contribution in [2.45, 2.75) is 44.7 Å². The Kier molecular flexibility index (Phi) is 10.2. The zero-order valence-corrected chi connectivity index (χ0v) is 23.9. The van der Waals surface area contributed by atoms with Crippen LogP contribution in [0.4, 0.5) is 5.69 Å². The van der Waals surface area contributed by atoms with Crippen molar-refractivity contribution in [3.8, 4) is 0 Å². The Labute approximate surface area is 234 Å². The first-order chi connectivity index (χ1) is 18.1. The fourth-order valence-electron chi connectivity index (χ4n) is 3.79. The highest BCUT2D eigenvalue weighted by Gasteiger charge is 2.33. The summed E-state index contributed by atoms with van der Waals surface area (Å²) >= 11 is 12.6. The van der Waals surface area contributed by atoms with Crippen molar-refractivity contribution in [1.29, 1.82) is 0 Å². The van der Waals surface area contributed by atoms with Crippen LogP contribution in [0.1, 0.15) is 31.4 Å². The summed E-state index contributed by atoms with van der Waals surface area (Å²) in [5.41, 5.74) is 1.92. The van der Waals surface area contributed by atoms with Crippen LogP contribution >= 0.6 is 23.2 Å². The van der Waals surface area contributed by atoms with E-state index in [9.17, 15) is 18.0 Å². The topological polar surface area (TPSA) is 86.8 Å². The fourth-order valence-corrected chi connectivity index (χ4v) is 5.68. The smallest absolute Gasteiger partial charge is 0.264 e. The first kappa shape index (κ1) is 29.5. The summed E-state index contributed by atoms with van der Waals surface area (Å²) in [5, 5.41) is 2.96. The summed E-state index contributed by atoms with van der Waals surface area (Å²) < 4.78 is 28.5. The molecule has 0 saturated carbocycles. The molecule has 2 amide bonds. The highest BCUT2D eigenvalue weighted by molar-refractivity contribution is 7.92. The van der Waals surface area contributed by atoms with E-state index in [0.29, 0.717) is 6.54 Å². The van der Waals surface area contributed by atoms with Gasteiger partial charge in [-0.2, -0.15) is 0 Å². The summed E-state index contributed by atoms with van der Waals surface area (Å²) in [6, 6.07) is 19.1. The Bertz CT molecular complexity index is 1370. The molecule has 0 aliphatic rings. The average Bonchev–Trinajstić information content (AvgIpc) is 2.91. The monoisotopic (exact) mass is 575 g/mol. The number of rotatable bonds is 11. The molecular weight excluding hydrogens is 545 g/mol. The molecule has 0 spiro atoms. The van der Waals surface area contributed by atoms with Gasteiger partial charge in [-0.15, -0.1) is 0 Å². The molecule has 3 rings (SSSR count). The van der Waals surface area contributed by atoms with Gasteiger partial charge < -0.3 is 10.2 Å². The van der Waals surface area contributed by atoms with Crippen LogP contribution in [0.15, 0.2) is 77.7 Å². The second kappa shape index (κ2) is 13.1. The number of benzene rings is 3. The van der Waals surface area contributed by atoms with Crippen molar-refractivity contribution in [2.24, 2.45) is 0 Å². The lowest BCUT2D eigenvalue weighted by molar-refractivity contribution is -0.139. The molecule has 0 aliphatic heterocycles. The number of aryl methyl sites for hydroxylation is 1. The number of sulfonamides is 1. The van der Waals surface area contributed by atoms with Gasteiger partial charge in [0.05, 0.1) is 20.6 Å². The molecule has 3 aromatic rings. The van der Waals surface area contributed by atoms with Gasteiger partial charge in [-0.25, -0.2) is 8.42 Å². The summed E-state index contributed by atoms with van der Waals surface area (Å²) in [7, 11) is -4.22. The molecule has 0 fully saturated rings. The maximum Gasteiger partial charge on any atom is 0.264 e. The third-order valence-electron chi connectivity index (χ3n) is 6.00. The molecule has 0 aromatic heterocycles. The normalized spacial score (nSPS) is 12.0. The molecule has 10 heteroatoms. The van der Waals surface area contributed by atoms with Gasteiger partial charge in [-0.1, -0.05) is 84.2 Å². The number of hydrogen-bond donors (Lipinski definition) is 1. The van der Waals surface area contributed by atoms with Crippen molar-refractivity contribution in [2.75, 3.05) is 17.4 Å². The van der Waals surface area contributed by atoms with Crippen molar-refractivity contribution in [1.82, 2.24) is 10.2 Å². The lowest BCUT2D eigenvalue weighted by atomic mass is 10.1. The largest absolute Gasteiger partial charge is 0.354 e. The lowest BCUT2D eigenvalue weighted by Crippen LogP contribution is -2.51. The van der Waals surface area contributed by atoms with E-state index >= 15 is 0 Å². The van der Waals surface area contributed by atoms with Crippen LogP contribution in [0.3, 0.4) is 0 Å². The SMILES string of the molecule is CCCNC(=O)[C@H](C)N(Cc1ccc(C)cc1)C(=O)CN(c1cccc(Cl)c1Cl)S(=O)(=O)c1ccccc1. The van der Waals surface area contributed by atoms with Crippen LogP contribution in [0, 0.1) is 6.92 Å². The van der Waals surface area contributed by atoms with Crippen LogP contribution in [0.2, 0.25) is 10.0 Å². The third kappa shape index (κ3) is 7.07. The van der Waals surface area contributed by atoms with E-state index in [1.165, 1.54) is 29.2 Å². The summed E-state index contributed by atoms with van der Waals surface area (Å²) in [6.07, 6.45) is 0.737. The highest BCUT2D eigenvalue weighted by atomic mass is 35.5. The molecule has 0 bridgehead atoms. The Morgan fingerprint density at radius 1 is 0.947 bits per heavy atom. The van der Waals surface area contributed by atoms with E-state index in [0.717, 1.165) is 21.9 Å².